The maximum atomic E-state index is 9.33. The summed E-state index contributed by atoms with van der Waals surface area (Å²) >= 11 is 1.41. The molecular weight excluding hydrogens is 204 g/mol. The highest BCUT2D eigenvalue weighted by molar-refractivity contribution is 7.13. The number of aliphatic hydroxyl groups is 3. The number of aromatic nitrogens is 1. The fraction of sp³-hybridized carbons (Fsp3) is 0.625. The van der Waals surface area contributed by atoms with Gasteiger partial charge in [0.25, 0.3) is 0 Å². The third kappa shape index (κ3) is 1.74. The molecule has 2 unspecified atom stereocenters. The van der Waals surface area contributed by atoms with Gasteiger partial charge in [-0.3, -0.25) is 0 Å². The summed E-state index contributed by atoms with van der Waals surface area (Å²) in [5, 5.41) is 30.0. The maximum Gasteiger partial charge on any atom is 0.185 e. The zero-order valence-electron chi connectivity index (χ0n) is 7.50. The quantitative estimate of drug-likeness (QED) is 0.602. The fourth-order valence-electron chi connectivity index (χ4n) is 1.44. The lowest BCUT2D eigenvalue weighted by Crippen LogP contribution is -2.22. The second-order valence-electron chi connectivity index (χ2n) is 3.32. The molecule has 14 heavy (non-hydrogen) atoms. The molecule has 2 atom stereocenters. The predicted molar refractivity (Wildman–Crippen MR) is 52.3 cm³/mol. The summed E-state index contributed by atoms with van der Waals surface area (Å²) in [7, 11) is 0. The number of aliphatic hydroxyl groups excluding tert-OH is 3. The monoisotopic (exact) mass is 216 g/mol. The molecule has 1 aromatic heterocycles. The average Bonchev–Trinajstić information content (AvgIpc) is 2.74. The Kier molecular flexibility index (Phi) is 2.69. The van der Waals surface area contributed by atoms with Crippen molar-refractivity contribution in [3.8, 4) is 0 Å². The van der Waals surface area contributed by atoms with Crippen molar-refractivity contribution in [2.75, 3.05) is 18.0 Å². The molecule has 5 nitrogen and oxygen atoms in total. The van der Waals surface area contributed by atoms with Gasteiger partial charge in [-0.15, -0.1) is 11.3 Å². The van der Waals surface area contributed by atoms with Gasteiger partial charge in [0, 0.05) is 18.5 Å². The highest BCUT2D eigenvalue weighted by Crippen LogP contribution is 2.24. The van der Waals surface area contributed by atoms with Gasteiger partial charge in [-0.25, -0.2) is 4.98 Å². The second kappa shape index (κ2) is 3.82. The third-order valence-electron chi connectivity index (χ3n) is 2.23. The number of nitrogens with zero attached hydrogens (tertiary/aromatic N) is 2. The summed E-state index contributed by atoms with van der Waals surface area (Å²) < 4.78 is 0. The summed E-state index contributed by atoms with van der Waals surface area (Å²) in [4.78, 5) is 5.97. The van der Waals surface area contributed by atoms with Crippen LogP contribution in [0.3, 0.4) is 0 Å². The van der Waals surface area contributed by atoms with Gasteiger partial charge in [-0.2, -0.15) is 0 Å². The van der Waals surface area contributed by atoms with Crippen molar-refractivity contribution in [1.82, 2.24) is 4.98 Å². The summed E-state index contributed by atoms with van der Waals surface area (Å²) in [5.74, 6) is 0. The van der Waals surface area contributed by atoms with Crippen LogP contribution in [0.2, 0.25) is 0 Å². The minimum atomic E-state index is -0.698. The summed E-state index contributed by atoms with van der Waals surface area (Å²) in [6.45, 7) is 0.731. The maximum absolute atomic E-state index is 9.33. The van der Waals surface area contributed by atoms with Crippen LogP contribution in [0.4, 0.5) is 5.13 Å². The van der Waals surface area contributed by atoms with Crippen LogP contribution in [0, 0.1) is 0 Å². The van der Waals surface area contributed by atoms with E-state index in [1.807, 2.05) is 4.90 Å². The van der Waals surface area contributed by atoms with Gasteiger partial charge in [0.1, 0.15) is 0 Å². The summed E-state index contributed by atoms with van der Waals surface area (Å²) in [5.41, 5.74) is 0.626. The van der Waals surface area contributed by atoms with Gasteiger partial charge in [0.05, 0.1) is 24.5 Å². The van der Waals surface area contributed by atoms with Crippen LogP contribution in [0.15, 0.2) is 5.38 Å². The molecule has 0 bridgehead atoms. The van der Waals surface area contributed by atoms with Gasteiger partial charge in [0.2, 0.25) is 0 Å². The first-order valence-electron chi connectivity index (χ1n) is 4.37. The second-order valence-corrected chi connectivity index (χ2v) is 4.16. The first-order chi connectivity index (χ1) is 6.70. The van der Waals surface area contributed by atoms with Gasteiger partial charge in [-0.05, 0) is 0 Å². The smallest absolute Gasteiger partial charge is 0.185 e. The Balaban J connectivity index is 2.09. The van der Waals surface area contributed by atoms with Gasteiger partial charge >= 0.3 is 0 Å². The molecule has 0 saturated carbocycles. The van der Waals surface area contributed by atoms with Crippen LogP contribution in [-0.4, -0.2) is 45.6 Å². The van der Waals surface area contributed by atoms with Crippen LogP contribution < -0.4 is 4.90 Å². The Morgan fingerprint density at radius 3 is 2.57 bits per heavy atom. The van der Waals surface area contributed by atoms with Crippen LogP contribution in [0.1, 0.15) is 5.69 Å². The molecule has 0 amide bonds. The van der Waals surface area contributed by atoms with Crippen LogP contribution in [-0.2, 0) is 6.61 Å². The number of hydrogen-bond acceptors (Lipinski definition) is 6. The van der Waals surface area contributed by atoms with Gasteiger partial charge in [-0.1, -0.05) is 0 Å². The van der Waals surface area contributed by atoms with Crippen LogP contribution >= 0.6 is 11.3 Å². The topological polar surface area (TPSA) is 76.8 Å². The van der Waals surface area contributed by atoms with Crippen molar-refractivity contribution in [1.29, 1.82) is 0 Å². The molecule has 1 aromatic rings. The minimum absolute atomic E-state index is 0.0740. The molecule has 6 heteroatoms. The number of rotatable bonds is 2. The lowest BCUT2D eigenvalue weighted by Gasteiger charge is -2.12. The molecule has 0 aromatic carbocycles. The summed E-state index contributed by atoms with van der Waals surface area (Å²) in [6, 6.07) is 0. The number of thiazole rings is 1. The zero-order chi connectivity index (χ0) is 10.1. The standard InChI is InChI=1S/C8H12N2O3S/c11-3-5-4-14-8(9-5)10-1-6(12)7(13)2-10/h4,6-7,11-13H,1-3H2. The normalized spacial score (nSPS) is 27.2. The molecule has 0 aliphatic carbocycles. The highest BCUT2D eigenvalue weighted by atomic mass is 32.1. The van der Waals surface area contributed by atoms with Crippen LogP contribution in [0.5, 0.6) is 0 Å². The molecule has 1 aliphatic rings. The molecule has 0 spiro atoms. The Labute approximate surface area is 85.3 Å². The molecule has 1 aliphatic heterocycles. The van der Waals surface area contributed by atoms with E-state index in [1.54, 1.807) is 5.38 Å². The van der Waals surface area contributed by atoms with E-state index >= 15 is 0 Å². The van der Waals surface area contributed by atoms with E-state index in [2.05, 4.69) is 4.98 Å². The fourth-order valence-corrected chi connectivity index (χ4v) is 2.28. The van der Waals surface area contributed by atoms with E-state index in [4.69, 9.17) is 5.11 Å². The molecule has 78 valence electrons. The van der Waals surface area contributed by atoms with Crippen molar-refractivity contribution < 1.29 is 15.3 Å². The Morgan fingerprint density at radius 1 is 1.43 bits per heavy atom. The summed E-state index contributed by atoms with van der Waals surface area (Å²) in [6.07, 6.45) is -1.40. The van der Waals surface area contributed by atoms with Crippen molar-refractivity contribution in [3.05, 3.63) is 11.1 Å². The Morgan fingerprint density at radius 2 is 2.07 bits per heavy atom. The van der Waals surface area contributed by atoms with Crippen molar-refractivity contribution >= 4 is 16.5 Å². The number of β-amino-alcohol motifs (C(OH)–C–C–N with tert-alkyl or cyclic N) is 2. The lowest BCUT2D eigenvalue weighted by atomic mass is 10.3. The molecular formula is C8H12N2O3S. The third-order valence-corrected chi connectivity index (χ3v) is 3.18. The average molecular weight is 216 g/mol. The SMILES string of the molecule is OCc1csc(N2CC(O)C(O)C2)n1. The van der Waals surface area contributed by atoms with E-state index in [9.17, 15) is 10.2 Å². The van der Waals surface area contributed by atoms with E-state index in [0.29, 0.717) is 18.8 Å². The molecule has 3 N–H and O–H groups in total. The molecule has 2 heterocycles. The molecule has 0 radical (unpaired) electrons. The highest BCUT2D eigenvalue weighted by Gasteiger charge is 2.30. The Hall–Kier alpha value is -0.690. The molecule has 1 saturated heterocycles. The van der Waals surface area contributed by atoms with Crippen LogP contribution in [0.25, 0.3) is 0 Å². The zero-order valence-corrected chi connectivity index (χ0v) is 8.31. The first kappa shape index (κ1) is 9.85. The van der Waals surface area contributed by atoms with E-state index in [0.717, 1.165) is 5.13 Å². The Bertz CT molecular complexity index is 307. The van der Waals surface area contributed by atoms with Crippen molar-refractivity contribution in [3.63, 3.8) is 0 Å². The predicted octanol–water partition coefficient (Wildman–Crippen LogP) is -0.823. The molecule has 2 rings (SSSR count). The van der Waals surface area contributed by atoms with Gasteiger partial charge in [0.15, 0.2) is 5.13 Å². The largest absolute Gasteiger partial charge is 0.390 e. The molecule has 1 fully saturated rings. The lowest BCUT2D eigenvalue weighted by molar-refractivity contribution is 0.0572. The number of hydrogen-bond donors (Lipinski definition) is 3. The van der Waals surface area contributed by atoms with Crippen molar-refractivity contribution in [2.45, 2.75) is 18.8 Å². The van der Waals surface area contributed by atoms with Gasteiger partial charge < -0.3 is 20.2 Å². The minimum Gasteiger partial charge on any atom is -0.390 e. The van der Waals surface area contributed by atoms with E-state index in [1.165, 1.54) is 11.3 Å². The van der Waals surface area contributed by atoms with E-state index < -0.39 is 12.2 Å². The van der Waals surface area contributed by atoms with E-state index in [-0.39, 0.29) is 6.61 Å². The van der Waals surface area contributed by atoms with Crippen molar-refractivity contribution in [2.24, 2.45) is 0 Å². The first-order valence-corrected chi connectivity index (χ1v) is 5.25. The number of anilines is 1.